The first-order valence-electron chi connectivity index (χ1n) is 14.4. The number of benzene rings is 2. The van der Waals surface area contributed by atoms with Crippen LogP contribution in [0.15, 0.2) is 47.5 Å². The molecule has 7 rings (SSSR count). The number of nitrogens with zero attached hydrogens (tertiary/aromatic N) is 3. The molecule has 1 saturated heterocycles. The lowest BCUT2D eigenvalue weighted by molar-refractivity contribution is -0.388. The van der Waals surface area contributed by atoms with Gasteiger partial charge in [-0.1, -0.05) is 31.2 Å². The number of hydrogen-bond donors (Lipinski definition) is 3. The second-order valence-electron chi connectivity index (χ2n) is 12.2. The molecule has 4 aliphatic rings. The molecular formula is C30H31N5O8S. The van der Waals surface area contributed by atoms with Gasteiger partial charge in [0.2, 0.25) is 11.3 Å². The van der Waals surface area contributed by atoms with Crippen molar-refractivity contribution in [3.8, 4) is 5.75 Å². The summed E-state index contributed by atoms with van der Waals surface area (Å²) in [4.78, 5) is 44.4. The highest BCUT2D eigenvalue weighted by atomic mass is 32.2. The van der Waals surface area contributed by atoms with E-state index in [-0.39, 0.29) is 52.2 Å². The Balaban J connectivity index is 1.32. The number of ketones is 1. The van der Waals surface area contributed by atoms with Crippen LogP contribution in [0.25, 0.3) is 0 Å². The lowest BCUT2D eigenvalue weighted by atomic mass is 9.82. The smallest absolute Gasteiger partial charge is 0.280 e. The Labute approximate surface area is 253 Å². The van der Waals surface area contributed by atoms with Crippen molar-refractivity contribution in [3.05, 3.63) is 86.1 Å². The zero-order chi connectivity index (χ0) is 31.3. The molecule has 44 heavy (non-hydrogen) atoms. The Morgan fingerprint density at radius 2 is 1.89 bits per heavy atom. The van der Waals surface area contributed by atoms with Crippen molar-refractivity contribution in [1.82, 2.24) is 19.5 Å². The fourth-order valence-corrected chi connectivity index (χ4v) is 8.31. The van der Waals surface area contributed by atoms with Gasteiger partial charge in [-0.2, -0.15) is 4.31 Å². The number of aryl methyl sites for hydroxylation is 1. The van der Waals surface area contributed by atoms with E-state index in [1.165, 1.54) is 22.5 Å². The molecule has 2 aliphatic carbocycles. The van der Waals surface area contributed by atoms with Gasteiger partial charge in [0.25, 0.3) is 27.4 Å². The Bertz CT molecular complexity index is 1880. The lowest BCUT2D eigenvalue weighted by Gasteiger charge is -2.34. The summed E-state index contributed by atoms with van der Waals surface area (Å²) in [6.45, 7) is 5.34. The van der Waals surface area contributed by atoms with Crippen LogP contribution in [0.1, 0.15) is 62.4 Å². The highest BCUT2D eigenvalue weighted by Crippen LogP contribution is 2.61. The Morgan fingerprint density at radius 1 is 1.18 bits per heavy atom. The van der Waals surface area contributed by atoms with Crippen LogP contribution in [0.4, 0.5) is 5.69 Å². The third-order valence-corrected chi connectivity index (χ3v) is 11.3. The van der Waals surface area contributed by atoms with Crippen molar-refractivity contribution >= 4 is 27.4 Å². The number of nitro groups is 1. The molecule has 2 aliphatic heterocycles. The minimum absolute atomic E-state index is 0.128. The van der Waals surface area contributed by atoms with Gasteiger partial charge in [0.15, 0.2) is 0 Å². The first kappa shape index (κ1) is 28.6. The highest BCUT2D eigenvalue weighted by molar-refractivity contribution is 7.89. The highest BCUT2D eigenvalue weighted by Gasteiger charge is 2.73. The molecule has 1 aromatic heterocycles. The van der Waals surface area contributed by atoms with E-state index in [0.717, 1.165) is 18.1 Å². The third-order valence-electron chi connectivity index (χ3n) is 9.47. The summed E-state index contributed by atoms with van der Waals surface area (Å²) in [6.07, 6.45) is 0.962. The molecule has 3 aromatic rings. The number of Topliss-reactive ketones (excluding diaryl/α,β-unsaturated/α-hetero) is 1. The fourth-order valence-electron chi connectivity index (χ4n) is 6.83. The van der Waals surface area contributed by atoms with Gasteiger partial charge in [-0.3, -0.25) is 19.7 Å². The molecule has 0 bridgehead atoms. The summed E-state index contributed by atoms with van der Waals surface area (Å²) < 4.78 is 34.2. The van der Waals surface area contributed by atoms with Crippen LogP contribution >= 0.6 is 0 Å². The van der Waals surface area contributed by atoms with Crippen molar-refractivity contribution in [3.63, 3.8) is 0 Å². The number of rotatable bonds is 6. The van der Waals surface area contributed by atoms with E-state index in [9.17, 15) is 33.2 Å². The topological polar surface area (TPSA) is 175 Å². The molecule has 3 N–H and O–H groups in total. The predicted molar refractivity (Wildman–Crippen MR) is 156 cm³/mol. The molecule has 2 unspecified atom stereocenters. The molecular weight excluding hydrogens is 590 g/mol. The van der Waals surface area contributed by atoms with E-state index in [4.69, 9.17) is 4.74 Å². The molecule has 0 spiro atoms. The number of H-pyrrole nitrogens is 1. The number of amides is 1. The number of aromatic nitrogens is 1. The van der Waals surface area contributed by atoms with Crippen LogP contribution in [0, 0.1) is 23.0 Å². The Kier molecular flexibility index (Phi) is 6.15. The average molecular weight is 622 g/mol. The molecule has 1 amide bonds. The van der Waals surface area contributed by atoms with Crippen LogP contribution in [0.3, 0.4) is 0 Å². The van der Waals surface area contributed by atoms with Gasteiger partial charge >= 0.3 is 0 Å². The maximum absolute atomic E-state index is 14.3. The number of nitro benzene ring substituents is 1. The second kappa shape index (κ2) is 9.44. The first-order valence-corrected chi connectivity index (χ1v) is 15.8. The predicted octanol–water partition coefficient (Wildman–Crippen LogP) is 2.35. The SMILES string of the molecule is Cc1cc(S(=O)(=O)N2CCN(C)CC2)[nH]c1C(=O)NC12C(=O)c3cccc([N+](=O)[O-])c3C1(O)Oc1cc([C@@H]3C[C@H]3C)ccc12. The van der Waals surface area contributed by atoms with E-state index in [0.29, 0.717) is 24.6 Å². The minimum atomic E-state index is -3.95. The van der Waals surface area contributed by atoms with Crippen molar-refractivity contribution in [2.24, 2.45) is 5.92 Å². The molecule has 230 valence electrons. The van der Waals surface area contributed by atoms with Crippen LogP contribution in [0.5, 0.6) is 5.75 Å². The van der Waals surface area contributed by atoms with Crippen molar-refractivity contribution < 1.29 is 32.8 Å². The Morgan fingerprint density at radius 3 is 2.55 bits per heavy atom. The van der Waals surface area contributed by atoms with Gasteiger partial charge < -0.3 is 25.0 Å². The summed E-state index contributed by atoms with van der Waals surface area (Å²) in [5, 5.41) is 26.8. The van der Waals surface area contributed by atoms with Crippen LogP contribution in [-0.4, -0.2) is 77.6 Å². The number of carbonyl (C=O) groups excluding carboxylic acids is 2. The summed E-state index contributed by atoms with van der Waals surface area (Å²) in [6, 6.07) is 10.3. The quantitative estimate of drug-likeness (QED) is 0.276. The van der Waals surface area contributed by atoms with E-state index in [1.54, 1.807) is 25.1 Å². The molecule has 3 heterocycles. The van der Waals surface area contributed by atoms with Gasteiger partial charge in [-0.05, 0) is 55.5 Å². The number of likely N-dealkylation sites (N-methyl/N-ethyl adjacent to an activating group) is 1. The number of aromatic amines is 1. The number of carbonyl (C=O) groups is 2. The van der Waals surface area contributed by atoms with E-state index < -0.39 is 43.7 Å². The zero-order valence-electron chi connectivity index (χ0n) is 24.3. The summed E-state index contributed by atoms with van der Waals surface area (Å²) in [5.41, 5.74) is -2.09. The average Bonchev–Trinajstić information content (AvgIpc) is 3.42. The number of ether oxygens (including phenoxy) is 1. The molecule has 2 fully saturated rings. The van der Waals surface area contributed by atoms with E-state index in [2.05, 4.69) is 17.2 Å². The molecule has 0 radical (unpaired) electrons. The lowest BCUT2D eigenvalue weighted by Crippen LogP contribution is -2.60. The molecule has 4 atom stereocenters. The van der Waals surface area contributed by atoms with Gasteiger partial charge in [0.1, 0.15) is 22.0 Å². The number of aliphatic hydroxyl groups is 1. The number of piperazine rings is 1. The van der Waals surface area contributed by atoms with Gasteiger partial charge in [-0.15, -0.1) is 0 Å². The van der Waals surface area contributed by atoms with Crippen molar-refractivity contribution in [1.29, 1.82) is 0 Å². The summed E-state index contributed by atoms with van der Waals surface area (Å²) in [5.74, 6) is -3.48. The van der Waals surface area contributed by atoms with Gasteiger partial charge in [0, 0.05) is 43.4 Å². The van der Waals surface area contributed by atoms with Gasteiger partial charge in [-0.25, -0.2) is 8.42 Å². The van der Waals surface area contributed by atoms with Crippen LogP contribution in [-0.2, 0) is 21.3 Å². The Hall–Kier alpha value is -4.11. The van der Waals surface area contributed by atoms with Crippen LogP contribution in [0.2, 0.25) is 0 Å². The zero-order valence-corrected chi connectivity index (χ0v) is 25.1. The van der Waals surface area contributed by atoms with E-state index >= 15 is 0 Å². The number of fused-ring (bicyclic) bond motifs is 5. The van der Waals surface area contributed by atoms with Crippen molar-refractivity contribution in [2.45, 2.75) is 42.5 Å². The summed E-state index contributed by atoms with van der Waals surface area (Å²) in [7, 11) is -2.05. The second-order valence-corrected chi connectivity index (χ2v) is 14.1. The fraction of sp³-hybridized carbons (Fsp3) is 0.400. The third kappa shape index (κ3) is 3.84. The van der Waals surface area contributed by atoms with Crippen LogP contribution < -0.4 is 10.1 Å². The van der Waals surface area contributed by atoms with Gasteiger partial charge in [0.05, 0.1) is 4.92 Å². The maximum atomic E-state index is 14.3. The molecule has 13 nitrogen and oxygen atoms in total. The summed E-state index contributed by atoms with van der Waals surface area (Å²) >= 11 is 0. The largest absolute Gasteiger partial charge is 0.454 e. The minimum Gasteiger partial charge on any atom is -0.454 e. The standard InChI is InChI=1S/C30H31N5O8S/c1-16-13-20(16)18-7-8-21-23(15-18)43-30(38)25-19(5-4-6-22(25)35(39)40)27(36)29(21,30)32-28(37)26-17(2)14-24(31-26)44(41,42)34-11-9-33(3)10-12-34/h4-8,14-16,20,31,38H,9-13H2,1-3H3,(H,32,37)/t16-,20-,29?,30?/m1/s1. The number of sulfonamides is 1. The van der Waals surface area contributed by atoms with Crippen molar-refractivity contribution in [2.75, 3.05) is 33.2 Å². The number of nitrogens with one attached hydrogen (secondary N) is 2. The monoisotopic (exact) mass is 621 g/mol. The molecule has 2 aromatic carbocycles. The normalized spacial score (nSPS) is 27.8. The van der Waals surface area contributed by atoms with E-state index in [1.807, 2.05) is 11.9 Å². The maximum Gasteiger partial charge on any atom is 0.280 e. The first-order chi connectivity index (χ1) is 20.8. The molecule has 1 saturated carbocycles. The molecule has 14 heteroatoms. The number of hydrogen-bond acceptors (Lipinski definition) is 9.